The normalized spacial score (nSPS) is 12.0. The van der Waals surface area contributed by atoms with Gasteiger partial charge in [0.25, 0.3) is 0 Å². The first kappa shape index (κ1) is 21.5. The van der Waals surface area contributed by atoms with E-state index >= 15 is 0 Å². The fourth-order valence-corrected chi connectivity index (χ4v) is 3.10. The summed E-state index contributed by atoms with van der Waals surface area (Å²) in [5.41, 5.74) is 0.721. The van der Waals surface area contributed by atoms with Gasteiger partial charge in [-0.1, -0.05) is 30.3 Å². The maximum atomic E-state index is 13.2. The quantitative estimate of drug-likeness (QED) is 0.615. The Morgan fingerprint density at radius 3 is 2.14 bits per heavy atom. The van der Waals surface area contributed by atoms with Gasteiger partial charge in [-0.05, 0) is 57.5 Å². The van der Waals surface area contributed by atoms with Crippen LogP contribution in [0.1, 0.15) is 38.8 Å². The number of hydrogen-bond acceptors (Lipinski definition) is 2. The molecule has 0 aliphatic rings. The largest absolute Gasteiger partial charge is 0.416 e. The molecule has 6 heteroatoms. The van der Waals surface area contributed by atoms with E-state index in [1.54, 1.807) is 6.08 Å². The highest BCUT2D eigenvalue weighted by molar-refractivity contribution is 6.04. The molecule has 0 aromatic heterocycles. The van der Waals surface area contributed by atoms with Crippen molar-refractivity contribution in [2.45, 2.75) is 46.0 Å². The van der Waals surface area contributed by atoms with Crippen LogP contribution in [0.3, 0.4) is 0 Å². The van der Waals surface area contributed by atoms with Crippen molar-refractivity contribution in [3.05, 3.63) is 65.7 Å². The van der Waals surface area contributed by atoms with Crippen molar-refractivity contribution in [2.24, 2.45) is 0 Å². The van der Waals surface area contributed by atoms with Gasteiger partial charge in [-0.15, -0.1) is 0 Å². The third kappa shape index (κ3) is 5.62. The highest BCUT2D eigenvalue weighted by Gasteiger charge is 2.32. The summed E-state index contributed by atoms with van der Waals surface area (Å²) in [6.45, 7) is 7.83. The number of carbonyl (C=O) groups excluding carboxylic acids is 1. The standard InChI is InChI=1S/C22H25F3N2O/c1-15(2)27(16(3)4)20-12-11-18(22(23,24)25)14-19(20)26-21(28)13-10-17-8-6-5-7-9-17/h5-16H,1-4H3,(H,26,28)/b13-10+. The van der Waals surface area contributed by atoms with E-state index < -0.39 is 17.6 Å². The summed E-state index contributed by atoms with van der Waals surface area (Å²) in [6.07, 6.45) is -1.56. The fraction of sp³-hybridized carbons (Fsp3) is 0.318. The minimum absolute atomic E-state index is 0.0484. The van der Waals surface area contributed by atoms with Crippen LogP contribution in [0.5, 0.6) is 0 Å². The minimum Gasteiger partial charge on any atom is -0.365 e. The molecule has 0 spiro atoms. The molecule has 0 heterocycles. The van der Waals surface area contributed by atoms with Gasteiger partial charge in [-0.2, -0.15) is 13.2 Å². The first-order valence-electron chi connectivity index (χ1n) is 9.13. The first-order valence-corrected chi connectivity index (χ1v) is 9.13. The lowest BCUT2D eigenvalue weighted by Gasteiger charge is -2.34. The number of carbonyl (C=O) groups is 1. The van der Waals surface area contributed by atoms with Gasteiger partial charge in [-0.25, -0.2) is 0 Å². The van der Waals surface area contributed by atoms with Crippen molar-refractivity contribution in [1.29, 1.82) is 0 Å². The molecule has 1 N–H and O–H groups in total. The fourth-order valence-electron chi connectivity index (χ4n) is 3.10. The molecule has 0 saturated carbocycles. The van der Waals surface area contributed by atoms with E-state index in [1.807, 2.05) is 62.9 Å². The minimum atomic E-state index is -4.49. The highest BCUT2D eigenvalue weighted by Crippen LogP contribution is 2.36. The molecule has 2 aromatic carbocycles. The molecule has 2 aromatic rings. The molecule has 0 aliphatic carbocycles. The average Bonchev–Trinajstić information content (AvgIpc) is 2.60. The second-order valence-electron chi connectivity index (χ2n) is 7.06. The number of anilines is 2. The van der Waals surface area contributed by atoms with E-state index in [2.05, 4.69) is 5.32 Å². The summed E-state index contributed by atoms with van der Waals surface area (Å²) in [5, 5.41) is 2.62. The molecule has 0 aliphatic heterocycles. The Bertz CT molecular complexity index is 819. The van der Waals surface area contributed by atoms with Gasteiger partial charge in [0.05, 0.1) is 16.9 Å². The number of nitrogens with zero attached hydrogens (tertiary/aromatic N) is 1. The molecule has 3 nitrogen and oxygen atoms in total. The van der Waals surface area contributed by atoms with E-state index in [-0.39, 0.29) is 17.8 Å². The molecule has 0 radical (unpaired) electrons. The molecule has 0 bridgehead atoms. The van der Waals surface area contributed by atoms with Gasteiger partial charge in [0, 0.05) is 18.2 Å². The Balaban J connectivity index is 2.38. The second-order valence-corrected chi connectivity index (χ2v) is 7.06. The SMILES string of the molecule is CC(C)N(c1ccc(C(F)(F)F)cc1NC(=O)/C=C/c1ccccc1)C(C)C. The summed E-state index contributed by atoms with van der Waals surface area (Å²) < 4.78 is 39.6. The molecule has 0 saturated heterocycles. The van der Waals surface area contributed by atoms with Gasteiger partial charge in [0.2, 0.25) is 5.91 Å². The molecule has 0 atom stereocenters. The zero-order valence-corrected chi connectivity index (χ0v) is 16.4. The zero-order valence-electron chi connectivity index (χ0n) is 16.4. The number of hydrogen-bond donors (Lipinski definition) is 1. The number of amides is 1. The summed E-state index contributed by atoms with van der Waals surface area (Å²) in [7, 11) is 0. The predicted octanol–water partition coefficient (Wildman–Crippen LogP) is 5.98. The van der Waals surface area contributed by atoms with E-state index in [0.717, 1.165) is 17.7 Å². The number of nitrogens with one attached hydrogen (secondary N) is 1. The lowest BCUT2D eigenvalue weighted by Crippen LogP contribution is -2.37. The molecular formula is C22H25F3N2O. The molecular weight excluding hydrogens is 365 g/mol. The Morgan fingerprint density at radius 2 is 1.61 bits per heavy atom. The zero-order chi connectivity index (χ0) is 20.9. The van der Waals surface area contributed by atoms with Crippen LogP contribution in [0.4, 0.5) is 24.5 Å². The molecule has 28 heavy (non-hydrogen) atoms. The number of alkyl halides is 3. The maximum Gasteiger partial charge on any atom is 0.416 e. The van der Waals surface area contributed by atoms with Crippen LogP contribution in [-0.4, -0.2) is 18.0 Å². The average molecular weight is 390 g/mol. The first-order chi connectivity index (χ1) is 13.1. The van der Waals surface area contributed by atoms with Gasteiger partial charge in [-0.3, -0.25) is 4.79 Å². The third-order valence-corrected chi connectivity index (χ3v) is 4.20. The van der Waals surface area contributed by atoms with Gasteiger partial charge < -0.3 is 10.2 Å². The predicted molar refractivity (Wildman–Crippen MR) is 108 cm³/mol. The van der Waals surface area contributed by atoms with Crippen LogP contribution in [-0.2, 0) is 11.0 Å². The van der Waals surface area contributed by atoms with Crippen LogP contribution < -0.4 is 10.2 Å². The smallest absolute Gasteiger partial charge is 0.365 e. The number of rotatable bonds is 6. The van der Waals surface area contributed by atoms with Crippen LogP contribution in [0.2, 0.25) is 0 Å². The van der Waals surface area contributed by atoms with Crippen molar-refractivity contribution < 1.29 is 18.0 Å². The van der Waals surface area contributed by atoms with E-state index in [1.165, 1.54) is 12.1 Å². The molecule has 1 amide bonds. The Hall–Kier alpha value is -2.76. The van der Waals surface area contributed by atoms with Crippen molar-refractivity contribution in [2.75, 3.05) is 10.2 Å². The van der Waals surface area contributed by atoms with E-state index in [0.29, 0.717) is 5.69 Å². The van der Waals surface area contributed by atoms with Crippen molar-refractivity contribution >= 4 is 23.4 Å². The van der Waals surface area contributed by atoms with Crippen molar-refractivity contribution in [3.63, 3.8) is 0 Å². The van der Waals surface area contributed by atoms with E-state index in [4.69, 9.17) is 0 Å². The van der Waals surface area contributed by atoms with Crippen LogP contribution in [0.25, 0.3) is 6.08 Å². The third-order valence-electron chi connectivity index (χ3n) is 4.20. The number of halogens is 3. The monoisotopic (exact) mass is 390 g/mol. The lowest BCUT2D eigenvalue weighted by atomic mass is 10.1. The second kappa shape index (κ2) is 8.95. The Morgan fingerprint density at radius 1 is 1.00 bits per heavy atom. The van der Waals surface area contributed by atoms with Crippen molar-refractivity contribution in [3.8, 4) is 0 Å². The Kier molecular flexibility index (Phi) is 6.89. The Labute approximate surface area is 163 Å². The van der Waals surface area contributed by atoms with Crippen LogP contribution >= 0.6 is 0 Å². The topological polar surface area (TPSA) is 32.3 Å². The van der Waals surface area contributed by atoms with Crippen LogP contribution in [0.15, 0.2) is 54.6 Å². The van der Waals surface area contributed by atoms with Crippen molar-refractivity contribution in [1.82, 2.24) is 0 Å². The van der Waals surface area contributed by atoms with Gasteiger partial charge in [0.15, 0.2) is 0 Å². The molecule has 0 fully saturated rings. The van der Waals surface area contributed by atoms with Crippen LogP contribution in [0, 0.1) is 0 Å². The summed E-state index contributed by atoms with van der Waals surface area (Å²) in [5.74, 6) is -0.489. The summed E-state index contributed by atoms with van der Waals surface area (Å²) in [6, 6.07) is 12.7. The molecule has 2 rings (SSSR count). The van der Waals surface area contributed by atoms with Gasteiger partial charge >= 0.3 is 6.18 Å². The summed E-state index contributed by atoms with van der Waals surface area (Å²) >= 11 is 0. The van der Waals surface area contributed by atoms with E-state index in [9.17, 15) is 18.0 Å². The lowest BCUT2D eigenvalue weighted by molar-refractivity contribution is -0.137. The maximum absolute atomic E-state index is 13.2. The molecule has 150 valence electrons. The highest BCUT2D eigenvalue weighted by atomic mass is 19.4. The number of benzene rings is 2. The summed E-state index contributed by atoms with van der Waals surface area (Å²) in [4.78, 5) is 14.3. The van der Waals surface area contributed by atoms with Gasteiger partial charge in [0.1, 0.15) is 0 Å². The molecule has 0 unspecified atom stereocenters.